The first kappa shape index (κ1) is 20.5. The molecule has 1 atom stereocenters. The lowest BCUT2D eigenvalue weighted by atomic mass is 10.2. The van der Waals surface area contributed by atoms with Gasteiger partial charge >= 0.3 is 6.01 Å². The van der Waals surface area contributed by atoms with E-state index in [1.807, 2.05) is 0 Å². The van der Waals surface area contributed by atoms with Crippen molar-refractivity contribution in [2.45, 2.75) is 25.3 Å². The van der Waals surface area contributed by atoms with Crippen LogP contribution in [0.25, 0.3) is 10.9 Å². The maximum Gasteiger partial charge on any atom is 0.319 e. The number of nitrogens with one attached hydrogen (secondary N) is 1. The number of nitrogens with two attached hydrogens (primary N) is 1. The second-order valence-electron chi connectivity index (χ2n) is 7.48. The summed E-state index contributed by atoms with van der Waals surface area (Å²) in [6.07, 6.45) is 4.70. The lowest BCUT2D eigenvalue weighted by Crippen LogP contribution is -2.44. The first-order chi connectivity index (χ1) is 14.2. The summed E-state index contributed by atoms with van der Waals surface area (Å²) in [7, 11) is 0. The molecule has 2 aromatic heterocycles. The van der Waals surface area contributed by atoms with Crippen molar-refractivity contribution in [1.82, 2.24) is 25.2 Å². The first-order valence-electron chi connectivity index (χ1n) is 10.2. The minimum absolute atomic E-state index is 0.148. The highest BCUT2D eigenvalue weighted by atomic mass is 35.5. The number of fused-ring (bicyclic) bond motifs is 1. The van der Waals surface area contributed by atoms with Gasteiger partial charge in [-0.2, -0.15) is 9.97 Å². The zero-order chi connectivity index (χ0) is 20.2. The van der Waals surface area contributed by atoms with Gasteiger partial charge in [-0.25, -0.2) is 9.37 Å². The summed E-state index contributed by atoms with van der Waals surface area (Å²) in [4.78, 5) is 17.4. The quantitative estimate of drug-likeness (QED) is 0.646. The number of hydrogen-bond acceptors (Lipinski definition) is 8. The van der Waals surface area contributed by atoms with Crippen LogP contribution in [0.1, 0.15) is 19.3 Å². The molecule has 10 heteroatoms. The van der Waals surface area contributed by atoms with Crippen molar-refractivity contribution in [2.75, 3.05) is 57.3 Å². The number of rotatable bonds is 7. The third-order valence-electron chi connectivity index (χ3n) is 5.57. The van der Waals surface area contributed by atoms with Crippen LogP contribution < -0.4 is 20.7 Å². The molecule has 3 N–H and O–H groups in total. The molecule has 0 amide bonds. The van der Waals surface area contributed by atoms with Gasteiger partial charge in [0, 0.05) is 38.4 Å². The standard InChI is InChI=1S/C19H27ClFN7O/c20-17-15(21)16-14(11-24-17)18(28-9-5-23-6-10-28)26-19(25-16)29-12-13-3-1-7-27(13)8-2-4-22/h11,13,23H,1-10,12,22H2. The Bertz CT molecular complexity index is 849. The maximum atomic E-state index is 14.7. The summed E-state index contributed by atoms with van der Waals surface area (Å²) >= 11 is 5.90. The molecule has 2 aliphatic heterocycles. The number of anilines is 1. The van der Waals surface area contributed by atoms with Crippen LogP contribution in [0.3, 0.4) is 0 Å². The Balaban J connectivity index is 1.59. The van der Waals surface area contributed by atoms with Crippen molar-refractivity contribution in [3.63, 3.8) is 0 Å². The summed E-state index contributed by atoms with van der Waals surface area (Å²) < 4.78 is 20.6. The van der Waals surface area contributed by atoms with Gasteiger partial charge < -0.3 is 20.7 Å². The number of halogens is 2. The van der Waals surface area contributed by atoms with Crippen LogP contribution >= 0.6 is 11.6 Å². The highest BCUT2D eigenvalue weighted by Crippen LogP contribution is 2.30. The summed E-state index contributed by atoms with van der Waals surface area (Å²) in [6, 6.07) is 0.479. The molecule has 4 heterocycles. The summed E-state index contributed by atoms with van der Waals surface area (Å²) in [5, 5.41) is 3.66. The van der Waals surface area contributed by atoms with Crippen LogP contribution in [0.15, 0.2) is 6.20 Å². The zero-order valence-electron chi connectivity index (χ0n) is 16.4. The van der Waals surface area contributed by atoms with Gasteiger partial charge in [0.25, 0.3) is 0 Å². The normalized spacial score (nSPS) is 20.5. The van der Waals surface area contributed by atoms with Gasteiger partial charge in [0.05, 0.1) is 5.39 Å². The number of pyridine rings is 1. The molecule has 8 nitrogen and oxygen atoms in total. The molecule has 158 valence electrons. The van der Waals surface area contributed by atoms with E-state index in [1.165, 1.54) is 6.20 Å². The molecule has 0 saturated carbocycles. The van der Waals surface area contributed by atoms with E-state index in [2.05, 4.69) is 30.1 Å². The van der Waals surface area contributed by atoms with Crippen LogP contribution in [-0.2, 0) is 0 Å². The maximum absolute atomic E-state index is 14.7. The third-order valence-corrected chi connectivity index (χ3v) is 5.83. The fourth-order valence-electron chi connectivity index (χ4n) is 4.02. The van der Waals surface area contributed by atoms with Crippen LogP contribution in [0, 0.1) is 5.82 Å². The van der Waals surface area contributed by atoms with Gasteiger partial charge in [0.1, 0.15) is 17.9 Å². The smallest absolute Gasteiger partial charge is 0.319 e. The lowest BCUT2D eigenvalue weighted by Gasteiger charge is -2.29. The van der Waals surface area contributed by atoms with Crippen LogP contribution in [0.2, 0.25) is 5.15 Å². The van der Waals surface area contributed by atoms with Gasteiger partial charge in [0.2, 0.25) is 0 Å². The SMILES string of the molecule is NCCCN1CCCC1COc1nc(N2CCNCC2)c2cnc(Cl)c(F)c2n1. The molecule has 2 aromatic rings. The molecule has 0 bridgehead atoms. The largest absolute Gasteiger partial charge is 0.462 e. The van der Waals surface area contributed by atoms with Crippen molar-refractivity contribution in [3.05, 3.63) is 17.2 Å². The molecule has 2 aliphatic rings. The Labute approximate surface area is 174 Å². The van der Waals surface area contributed by atoms with Gasteiger partial charge in [-0.15, -0.1) is 0 Å². The molecular formula is C19H27ClFN7O. The van der Waals surface area contributed by atoms with E-state index in [1.54, 1.807) is 0 Å². The second kappa shape index (κ2) is 9.34. The average molecular weight is 424 g/mol. The number of ether oxygens (including phenoxy) is 1. The van der Waals surface area contributed by atoms with Crippen molar-refractivity contribution in [1.29, 1.82) is 0 Å². The minimum atomic E-state index is -0.641. The van der Waals surface area contributed by atoms with E-state index in [4.69, 9.17) is 22.1 Å². The highest BCUT2D eigenvalue weighted by Gasteiger charge is 2.26. The van der Waals surface area contributed by atoms with E-state index >= 15 is 0 Å². The fraction of sp³-hybridized carbons (Fsp3) is 0.632. The number of piperazine rings is 1. The van der Waals surface area contributed by atoms with E-state index in [9.17, 15) is 4.39 Å². The molecule has 0 spiro atoms. The van der Waals surface area contributed by atoms with Gasteiger partial charge in [-0.3, -0.25) is 4.90 Å². The molecular weight excluding hydrogens is 397 g/mol. The van der Waals surface area contributed by atoms with E-state index in [-0.39, 0.29) is 16.7 Å². The van der Waals surface area contributed by atoms with Crippen LogP contribution in [0.4, 0.5) is 10.2 Å². The number of likely N-dealkylation sites (tertiary alicyclic amines) is 1. The highest BCUT2D eigenvalue weighted by molar-refractivity contribution is 6.30. The molecule has 1 unspecified atom stereocenters. The summed E-state index contributed by atoms with van der Waals surface area (Å²) in [6.45, 7) is 6.38. The van der Waals surface area contributed by atoms with Crippen molar-refractivity contribution >= 4 is 28.3 Å². The van der Waals surface area contributed by atoms with E-state index in [0.29, 0.717) is 30.4 Å². The molecule has 29 heavy (non-hydrogen) atoms. The molecule has 2 saturated heterocycles. The molecule has 4 rings (SSSR count). The van der Waals surface area contributed by atoms with Crippen LogP contribution in [-0.4, -0.2) is 78.3 Å². The Hall–Kier alpha value is -1.81. The molecule has 2 fully saturated rings. The van der Waals surface area contributed by atoms with Crippen LogP contribution in [0.5, 0.6) is 6.01 Å². The summed E-state index contributed by atoms with van der Waals surface area (Å²) in [5.41, 5.74) is 5.79. The zero-order valence-corrected chi connectivity index (χ0v) is 17.2. The van der Waals surface area contributed by atoms with Crippen molar-refractivity contribution in [2.24, 2.45) is 5.73 Å². The summed E-state index contributed by atoms with van der Waals surface area (Å²) in [5.74, 6) is -0.000726. The van der Waals surface area contributed by atoms with Crippen molar-refractivity contribution < 1.29 is 9.13 Å². The Morgan fingerprint density at radius 3 is 2.90 bits per heavy atom. The monoisotopic (exact) mass is 423 g/mol. The third kappa shape index (κ3) is 4.53. The first-order valence-corrected chi connectivity index (χ1v) is 10.6. The average Bonchev–Trinajstić information content (AvgIpc) is 3.21. The molecule has 0 radical (unpaired) electrons. The van der Waals surface area contributed by atoms with E-state index in [0.717, 1.165) is 58.5 Å². The predicted octanol–water partition coefficient (Wildman–Crippen LogP) is 1.42. The Morgan fingerprint density at radius 2 is 2.10 bits per heavy atom. The topological polar surface area (TPSA) is 92.4 Å². The number of aromatic nitrogens is 3. The molecule has 0 aliphatic carbocycles. The van der Waals surface area contributed by atoms with E-state index < -0.39 is 5.82 Å². The predicted molar refractivity (Wildman–Crippen MR) is 111 cm³/mol. The van der Waals surface area contributed by atoms with Gasteiger partial charge in [-0.05, 0) is 38.9 Å². The minimum Gasteiger partial charge on any atom is -0.462 e. The second-order valence-corrected chi connectivity index (χ2v) is 7.84. The fourth-order valence-corrected chi connectivity index (χ4v) is 4.16. The Kier molecular flexibility index (Phi) is 6.59. The van der Waals surface area contributed by atoms with Gasteiger partial charge in [-0.1, -0.05) is 11.6 Å². The lowest BCUT2D eigenvalue weighted by molar-refractivity contribution is 0.164. The number of hydrogen-bond donors (Lipinski definition) is 2. The van der Waals surface area contributed by atoms with Gasteiger partial charge in [0.15, 0.2) is 11.0 Å². The van der Waals surface area contributed by atoms with Crippen molar-refractivity contribution in [3.8, 4) is 6.01 Å². The Morgan fingerprint density at radius 1 is 1.28 bits per heavy atom. The number of nitrogens with zero attached hydrogens (tertiary/aromatic N) is 5. The molecule has 0 aromatic carbocycles.